The number of nitrogens with one attached hydrogen (secondary N) is 1. The minimum Gasteiger partial charge on any atom is -0.298 e. The first-order valence-electron chi connectivity index (χ1n) is 5.76. The second kappa shape index (κ2) is 5.51. The Kier molecular flexibility index (Phi) is 4.08. The Hall–Kier alpha value is -1.84. The highest BCUT2D eigenvalue weighted by molar-refractivity contribution is 7.91. The summed E-state index contributed by atoms with van der Waals surface area (Å²) >= 11 is 0.768. The van der Waals surface area contributed by atoms with Crippen LogP contribution in [0, 0.1) is 19.7 Å². The van der Waals surface area contributed by atoms with Crippen molar-refractivity contribution in [1.82, 2.24) is 4.98 Å². The van der Waals surface area contributed by atoms with Gasteiger partial charge in [-0.2, -0.15) is 0 Å². The number of carbonyl (C=O) groups excluding carboxylic acids is 1. The summed E-state index contributed by atoms with van der Waals surface area (Å²) in [7, 11) is -3.87. The van der Waals surface area contributed by atoms with E-state index < -0.39 is 21.7 Å². The number of aromatic nitrogens is 1. The second-order valence-corrected chi connectivity index (χ2v) is 7.11. The van der Waals surface area contributed by atoms with Gasteiger partial charge in [-0.1, -0.05) is 11.3 Å². The molecule has 1 amide bonds. The summed E-state index contributed by atoms with van der Waals surface area (Å²) in [6, 6.07) is 3.75. The number of anilines is 1. The van der Waals surface area contributed by atoms with Crippen LogP contribution in [0.5, 0.6) is 0 Å². The zero-order chi connectivity index (χ0) is 15.8. The van der Waals surface area contributed by atoms with Crippen LogP contribution in [0.25, 0.3) is 0 Å². The maximum Gasteiger partial charge on any atom is 0.257 e. The van der Waals surface area contributed by atoms with Crippen LogP contribution in [0.2, 0.25) is 0 Å². The molecular formula is C12H12FN3O3S2. The van der Waals surface area contributed by atoms with E-state index >= 15 is 0 Å². The van der Waals surface area contributed by atoms with Crippen molar-refractivity contribution in [3.05, 3.63) is 40.8 Å². The molecule has 3 N–H and O–H groups in total. The molecule has 0 saturated heterocycles. The predicted octanol–water partition coefficient (Wildman–Crippen LogP) is 1.80. The first-order chi connectivity index (χ1) is 9.68. The lowest BCUT2D eigenvalue weighted by Gasteiger charge is -2.05. The number of thiazole rings is 1. The number of rotatable bonds is 3. The number of amides is 1. The average Bonchev–Trinajstić information content (AvgIpc) is 2.69. The lowest BCUT2D eigenvalue weighted by molar-refractivity contribution is 0.102. The van der Waals surface area contributed by atoms with Crippen LogP contribution >= 0.6 is 11.3 Å². The number of nitrogens with two attached hydrogens (primary N) is 1. The number of halogens is 1. The molecule has 1 heterocycles. The molecule has 0 radical (unpaired) electrons. The molecule has 2 aromatic rings. The molecule has 2 rings (SSSR count). The Morgan fingerprint density at radius 3 is 2.57 bits per heavy atom. The summed E-state index contributed by atoms with van der Waals surface area (Å²) in [6.07, 6.45) is 0. The number of primary sulfonamides is 1. The van der Waals surface area contributed by atoms with E-state index in [1.54, 1.807) is 6.92 Å². The molecule has 0 bridgehead atoms. The zero-order valence-corrected chi connectivity index (χ0v) is 12.8. The maximum atomic E-state index is 13.0. The van der Waals surface area contributed by atoms with Crippen molar-refractivity contribution in [2.45, 2.75) is 18.1 Å². The van der Waals surface area contributed by atoms with Crippen molar-refractivity contribution in [2.24, 2.45) is 5.14 Å². The number of nitrogens with zero attached hydrogens (tertiary/aromatic N) is 1. The smallest absolute Gasteiger partial charge is 0.257 e. The molecule has 0 unspecified atom stereocenters. The van der Waals surface area contributed by atoms with Crippen molar-refractivity contribution < 1.29 is 17.6 Å². The second-order valence-electron chi connectivity index (χ2n) is 4.35. The average molecular weight is 329 g/mol. The number of hydrogen-bond donors (Lipinski definition) is 2. The Bertz CT molecular complexity index is 815. The van der Waals surface area contributed by atoms with Crippen molar-refractivity contribution >= 4 is 32.4 Å². The first-order valence-corrected chi connectivity index (χ1v) is 8.12. The van der Waals surface area contributed by atoms with Crippen LogP contribution in [0.4, 0.5) is 9.52 Å². The van der Waals surface area contributed by atoms with Crippen LogP contribution in [0.1, 0.15) is 21.6 Å². The van der Waals surface area contributed by atoms with Gasteiger partial charge in [0.2, 0.25) is 10.0 Å². The molecule has 9 heteroatoms. The number of benzene rings is 1. The fourth-order valence-electron chi connectivity index (χ4n) is 1.75. The summed E-state index contributed by atoms with van der Waals surface area (Å²) in [5, 5.41) is 7.64. The highest BCUT2D eigenvalue weighted by atomic mass is 32.2. The van der Waals surface area contributed by atoms with Gasteiger partial charge in [0.15, 0.2) is 9.34 Å². The van der Waals surface area contributed by atoms with E-state index in [1.807, 2.05) is 0 Å². The third kappa shape index (κ3) is 3.43. The summed E-state index contributed by atoms with van der Waals surface area (Å²) in [5.74, 6) is -0.937. The van der Waals surface area contributed by atoms with Gasteiger partial charge in [-0.15, -0.1) is 0 Å². The monoisotopic (exact) mass is 329 g/mol. The Morgan fingerprint density at radius 2 is 2.05 bits per heavy atom. The van der Waals surface area contributed by atoms with Crippen molar-refractivity contribution in [3.63, 3.8) is 0 Å². The third-order valence-electron chi connectivity index (χ3n) is 2.67. The van der Waals surface area contributed by atoms with Gasteiger partial charge in [0, 0.05) is 5.56 Å². The molecule has 112 valence electrons. The van der Waals surface area contributed by atoms with Crippen LogP contribution in [-0.4, -0.2) is 19.3 Å². The van der Waals surface area contributed by atoms with E-state index in [4.69, 9.17) is 5.14 Å². The Balaban J connectivity index is 2.28. The SMILES string of the molecule is Cc1cc(F)ccc1C(=O)Nc1nc(C)c(S(N)(=O)=O)s1. The van der Waals surface area contributed by atoms with E-state index in [0.717, 1.165) is 11.3 Å². The Morgan fingerprint density at radius 1 is 1.38 bits per heavy atom. The van der Waals surface area contributed by atoms with Gasteiger partial charge < -0.3 is 0 Å². The van der Waals surface area contributed by atoms with Crippen LogP contribution < -0.4 is 10.5 Å². The summed E-state index contributed by atoms with van der Waals surface area (Å²) in [4.78, 5) is 16.0. The van der Waals surface area contributed by atoms with E-state index in [0.29, 0.717) is 5.56 Å². The molecule has 21 heavy (non-hydrogen) atoms. The van der Waals surface area contributed by atoms with Gasteiger partial charge >= 0.3 is 0 Å². The zero-order valence-electron chi connectivity index (χ0n) is 11.2. The van der Waals surface area contributed by atoms with E-state index in [-0.39, 0.29) is 20.6 Å². The molecule has 0 saturated carbocycles. The predicted molar refractivity (Wildman–Crippen MR) is 77.3 cm³/mol. The van der Waals surface area contributed by atoms with E-state index in [2.05, 4.69) is 10.3 Å². The lowest BCUT2D eigenvalue weighted by atomic mass is 10.1. The quantitative estimate of drug-likeness (QED) is 0.896. The van der Waals surface area contributed by atoms with Crippen LogP contribution in [-0.2, 0) is 10.0 Å². The molecule has 6 nitrogen and oxygen atoms in total. The number of hydrogen-bond acceptors (Lipinski definition) is 5. The van der Waals surface area contributed by atoms with Gasteiger partial charge in [0.25, 0.3) is 5.91 Å². The summed E-state index contributed by atoms with van der Waals surface area (Å²) in [5.41, 5.74) is 0.961. The molecule has 0 atom stereocenters. The standard InChI is InChI=1S/C12H12FN3O3S2/c1-6-5-8(13)3-4-9(6)10(17)16-12-15-7(2)11(20-12)21(14,18)19/h3-5H,1-2H3,(H2,14,18,19)(H,15,16,17). The molecule has 1 aromatic heterocycles. The third-order valence-corrected chi connectivity index (χ3v) is 5.29. The van der Waals surface area contributed by atoms with E-state index in [9.17, 15) is 17.6 Å². The normalized spacial score (nSPS) is 11.4. The molecule has 0 fully saturated rings. The topological polar surface area (TPSA) is 102 Å². The maximum absolute atomic E-state index is 13.0. The highest BCUT2D eigenvalue weighted by Crippen LogP contribution is 2.26. The molecule has 1 aromatic carbocycles. The van der Waals surface area contributed by atoms with Crippen molar-refractivity contribution in [2.75, 3.05) is 5.32 Å². The van der Waals surface area contributed by atoms with Crippen LogP contribution in [0.3, 0.4) is 0 Å². The fraction of sp³-hybridized carbons (Fsp3) is 0.167. The number of sulfonamides is 1. The van der Waals surface area contributed by atoms with Gasteiger partial charge in [-0.25, -0.2) is 22.9 Å². The van der Waals surface area contributed by atoms with Gasteiger partial charge in [-0.05, 0) is 37.6 Å². The van der Waals surface area contributed by atoms with E-state index in [1.165, 1.54) is 25.1 Å². The summed E-state index contributed by atoms with van der Waals surface area (Å²) in [6.45, 7) is 3.08. The minimum atomic E-state index is -3.87. The number of carbonyl (C=O) groups is 1. The molecule has 0 aliphatic heterocycles. The van der Waals surface area contributed by atoms with Gasteiger partial charge in [0.1, 0.15) is 5.82 Å². The fourth-order valence-corrected chi connectivity index (χ4v) is 3.60. The molecule has 0 aliphatic carbocycles. The van der Waals surface area contributed by atoms with Crippen molar-refractivity contribution in [1.29, 1.82) is 0 Å². The number of aryl methyl sites for hydroxylation is 2. The Labute approximate surface area is 124 Å². The largest absolute Gasteiger partial charge is 0.298 e. The summed E-state index contributed by atoms with van der Waals surface area (Å²) < 4.78 is 35.5. The lowest BCUT2D eigenvalue weighted by Crippen LogP contribution is -2.13. The van der Waals surface area contributed by atoms with Gasteiger partial charge in [-0.3, -0.25) is 10.1 Å². The van der Waals surface area contributed by atoms with Crippen molar-refractivity contribution in [3.8, 4) is 0 Å². The molecule has 0 aliphatic rings. The molecular weight excluding hydrogens is 317 g/mol. The first kappa shape index (κ1) is 15.5. The van der Waals surface area contributed by atoms with Crippen LogP contribution in [0.15, 0.2) is 22.4 Å². The minimum absolute atomic E-state index is 0.103. The molecule has 0 spiro atoms. The van der Waals surface area contributed by atoms with Gasteiger partial charge in [0.05, 0.1) is 5.69 Å². The highest BCUT2D eigenvalue weighted by Gasteiger charge is 2.19.